The van der Waals surface area contributed by atoms with E-state index in [1.165, 1.54) is 0 Å². The Morgan fingerprint density at radius 3 is 2.76 bits per heavy atom. The summed E-state index contributed by atoms with van der Waals surface area (Å²) in [5, 5.41) is 10.9. The quantitative estimate of drug-likeness (QED) is 0.277. The van der Waals surface area contributed by atoms with Crippen molar-refractivity contribution in [1.29, 1.82) is 0 Å². The average molecular weight is 512 g/mol. The zero-order valence-corrected chi connectivity index (χ0v) is 21.6. The van der Waals surface area contributed by atoms with Crippen LogP contribution in [0.25, 0.3) is 44.7 Å². The van der Waals surface area contributed by atoms with E-state index in [0.717, 1.165) is 67.1 Å². The third-order valence-electron chi connectivity index (χ3n) is 6.99. The molecule has 0 saturated carbocycles. The van der Waals surface area contributed by atoms with Crippen LogP contribution in [0.15, 0.2) is 55.1 Å². The van der Waals surface area contributed by atoms with Crippen molar-refractivity contribution in [1.82, 2.24) is 35.0 Å². The Hall–Kier alpha value is -4.31. The Morgan fingerprint density at radius 1 is 1.11 bits per heavy atom. The van der Waals surface area contributed by atoms with Gasteiger partial charge in [0.2, 0.25) is 0 Å². The molecule has 10 heteroatoms. The molecule has 0 aliphatic carbocycles. The van der Waals surface area contributed by atoms with Crippen LogP contribution in [0, 0.1) is 5.82 Å². The number of nitrogens with one attached hydrogen (secondary N) is 3. The van der Waals surface area contributed by atoms with E-state index < -0.39 is 5.82 Å². The Morgan fingerprint density at radius 2 is 1.95 bits per heavy atom. The molecule has 0 spiro atoms. The number of pyridine rings is 2. The second-order valence-electron chi connectivity index (χ2n) is 9.77. The lowest BCUT2D eigenvalue weighted by Gasteiger charge is -2.34. The smallest absolute Gasteiger partial charge is 0.161 e. The first-order valence-corrected chi connectivity index (χ1v) is 12.9. The highest BCUT2D eigenvalue weighted by Crippen LogP contribution is 2.34. The number of aromatic nitrogens is 6. The number of allylic oxidation sites excluding steroid dienone is 1. The van der Waals surface area contributed by atoms with Gasteiger partial charge >= 0.3 is 0 Å². The standard InChI is InChI=1S/C28H30FN9/c1-4-6-17(2)32-19-13-18(14-30-15-19)25-24(29)23-21(16-31-25)35-36-27(23)28-33-20-7-5-8-22(26(20)34-28)38-11-9-37(3)10-12-38/h5,7-8,13-16,32H,2,4,6,9-12H2,1,3H3,(H,33,34)(H,35,36). The highest BCUT2D eigenvalue weighted by atomic mass is 19.1. The van der Waals surface area contributed by atoms with Crippen LogP contribution >= 0.6 is 0 Å². The van der Waals surface area contributed by atoms with E-state index in [4.69, 9.17) is 4.98 Å². The van der Waals surface area contributed by atoms with Gasteiger partial charge in [-0.1, -0.05) is 26.0 Å². The number of aromatic amines is 2. The summed E-state index contributed by atoms with van der Waals surface area (Å²) in [6, 6.07) is 7.92. The lowest BCUT2D eigenvalue weighted by atomic mass is 10.1. The van der Waals surface area contributed by atoms with Crippen molar-refractivity contribution in [3.63, 3.8) is 0 Å². The minimum atomic E-state index is -0.475. The van der Waals surface area contributed by atoms with Crippen LogP contribution in [0.2, 0.25) is 0 Å². The number of halogens is 1. The largest absolute Gasteiger partial charge is 0.367 e. The van der Waals surface area contributed by atoms with E-state index in [1.54, 1.807) is 18.6 Å². The number of imidazole rings is 1. The summed E-state index contributed by atoms with van der Waals surface area (Å²) in [6.45, 7) is 9.99. The van der Waals surface area contributed by atoms with Gasteiger partial charge in [0.15, 0.2) is 11.6 Å². The molecule has 0 amide bonds. The molecule has 9 nitrogen and oxygen atoms in total. The molecule has 5 heterocycles. The number of benzene rings is 1. The SMILES string of the molecule is C=C(CCC)Nc1cncc(-c2ncc3[nH]nc(-c4nc5c(N6CCN(C)CC6)cccc5[nH]4)c3c2F)c1. The van der Waals surface area contributed by atoms with Gasteiger partial charge in [-0.25, -0.2) is 9.37 Å². The van der Waals surface area contributed by atoms with Crippen molar-refractivity contribution >= 4 is 33.3 Å². The Balaban J connectivity index is 1.39. The molecule has 1 fully saturated rings. The topological polar surface area (TPSA) is 102 Å². The number of rotatable bonds is 7. The number of hydrogen-bond acceptors (Lipinski definition) is 7. The minimum Gasteiger partial charge on any atom is -0.367 e. The van der Waals surface area contributed by atoms with E-state index in [1.807, 2.05) is 18.2 Å². The molecule has 0 atom stereocenters. The van der Waals surface area contributed by atoms with Crippen molar-refractivity contribution in [2.24, 2.45) is 0 Å². The van der Waals surface area contributed by atoms with Crippen LogP contribution in [0.3, 0.4) is 0 Å². The van der Waals surface area contributed by atoms with Crippen LogP contribution in [0.5, 0.6) is 0 Å². The molecule has 6 rings (SSSR count). The van der Waals surface area contributed by atoms with Gasteiger partial charge in [-0.15, -0.1) is 0 Å². The maximum absolute atomic E-state index is 16.1. The van der Waals surface area contributed by atoms with Crippen molar-refractivity contribution in [2.75, 3.05) is 43.4 Å². The van der Waals surface area contributed by atoms with E-state index in [0.29, 0.717) is 28.0 Å². The molecule has 38 heavy (non-hydrogen) atoms. The predicted octanol–water partition coefficient (Wildman–Crippen LogP) is 5.18. The molecule has 0 bridgehead atoms. The summed E-state index contributed by atoms with van der Waals surface area (Å²) in [6.07, 6.45) is 6.71. The molecule has 0 radical (unpaired) electrons. The predicted molar refractivity (Wildman–Crippen MR) is 150 cm³/mol. The van der Waals surface area contributed by atoms with Crippen LogP contribution in [0.1, 0.15) is 19.8 Å². The summed E-state index contributed by atoms with van der Waals surface area (Å²) in [7, 11) is 2.14. The first-order chi connectivity index (χ1) is 18.5. The maximum atomic E-state index is 16.1. The average Bonchev–Trinajstić information content (AvgIpc) is 3.54. The zero-order valence-electron chi connectivity index (χ0n) is 21.6. The van der Waals surface area contributed by atoms with Crippen LogP contribution in [-0.2, 0) is 0 Å². The molecule has 1 aliphatic heterocycles. The van der Waals surface area contributed by atoms with Gasteiger partial charge in [0, 0.05) is 43.6 Å². The summed E-state index contributed by atoms with van der Waals surface area (Å²) in [5.74, 6) is 0.0330. The van der Waals surface area contributed by atoms with Gasteiger partial charge in [0.05, 0.1) is 40.2 Å². The zero-order chi connectivity index (χ0) is 26.2. The number of H-pyrrole nitrogens is 2. The second kappa shape index (κ2) is 9.86. The summed E-state index contributed by atoms with van der Waals surface area (Å²) >= 11 is 0. The summed E-state index contributed by atoms with van der Waals surface area (Å²) < 4.78 is 16.1. The van der Waals surface area contributed by atoms with Crippen LogP contribution in [-0.4, -0.2) is 68.3 Å². The number of likely N-dealkylation sites (N-methyl/N-ethyl adjacent to an activating group) is 1. The fourth-order valence-corrected chi connectivity index (χ4v) is 4.99. The highest BCUT2D eigenvalue weighted by molar-refractivity contribution is 5.97. The molecule has 0 unspecified atom stereocenters. The lowest BCUT2D eigenvalue weighted by Crippen LogP contribution is -2.44. The number of anilines is 2. The second-order valence-corrected chi connectivity index (χ2v) is 9.77. The van der Waals surface area contributed by atoms with Crippen molar-refractivity contribution in [3.8, 4) is 22.8 Å². The van der Waals surface area contributed by atoms with Gasteiger partial charge in [-0.05, 0) is 31.7 Å². The lowest BCUT2D eigenvalue weighted by molar-refractivity contribution is 0.313. The first kappa shape index (κ1) is 24.1. The number of piperazine rings is 1. The number of para-hydroxylation sites is 1. The number of hydrogen-bond donors (Lipinski definition) is 3. The Bertz CT molecular complexity index is 1630. The van der Waals surface area contributed by atoms with Crippen LogP contribution in [0.4, 0.5) is 15.8 Å². The van der Waals surface area contributed by atoms with E-state index >= 15 is 4.39 Å². The molecule has 1 aromatic carbocycles. The molecule has 194 valence electrons. The fraction of sp³-hybridized carbons (Fsp3) is 0.286. The van der Waals surface area contributed by atoms with Gasteiger partial charge < -0.3 is 20.1 Å². The Kier molecular flexibility index (Phi) is 6.24. The summed E-state index contributed by atoms with van der Waals surface area (Å²) in [4.78, 5) is 21.6. The number of fused-ring (bicyclic) bond motifs is 2. The van der Waals surface area contributed by atoms with Gasteiger partial charge in [0.1, 0.15) is 16.9 Å². The van der Waals surface area contributed by atoms with Gasteiger partial charge in [-0.2, -0.15) is 5.10 Å². The molecule has 5 aromatic rings. The molecule has 3 N–H and O–H groups in total. The first-order valence-electron chi connectivity index (χ1n) is 12.9. The molecule has 4 aromatic heterocycles. The van der Waals surface area contributed by atoms with Crippen LogP contribution < -0.4 is 10.2 Å². The molecule has 1 saturated heterocycles. The molecular formula is C28H30FN9. The normalized spacial score (nSPS) is 14.4. The number of nitrogens with zero attached hydrogens (tertiary/aromatic N) is 6. The van der Waals surface area contributed by atoms with E-state index in [2.05, 4.69) is 66.9 Å². The van der Waals surface area contributed by atoms with Crippen molar-refractivity contribution in [2.45, 2.75) is 19.8 Å². The van der Waals surface area contributed by atoms with Crippen molar-refractivity contribution in [3.05, 3.63) is 60.9 Å². The van der Waals surface area contributed by atoms with E-state index in [-0.39, 0.29) is 5.69 Å². The van der Waals surface area contributed by atoms with Gasteiger partial charge in [0.25, 0.3) is 0 Å². The van der Waals surface area contributed by atoms with Gasteiger partial charge in [-0.3, -0.25) is 15.1 Å². The highest BCUT2D eigenvalue weighted by Gasteiger charge is 2.23. The summed E-state index contributed by atoms with van der Waals surface area (Å²) in [5.41, 5.74) is 6.11. The maximum Gasteiger partial charge on any atom is 0.161 e. The molecular weight excluding hydrogens is 481 g/mol. The third-order valence-corrected chi connectivity index (χ3v) is 6.99. The fourth-order valence-electron chi connectivity index (χ4n) is 4.99. The Labute approximate surface area is 219 Å². The third kappa shape index (κ3) is 4.37. The monoisotopic (exact) mass is 511 g/mol. The minimum absolute atomic E-state index is 0.201. The van der Waals surface area contributed by atoms with E-state index in [9.17, 15) is 0 Å². The molecule has 1 aliphatic rings. The van der Waals surface area contributed by atoms with Crippen molar-refractivity contribution < 1.29 is 4.39 Å².